The van der Waals surface area contributed by atoms with Crippen LogP contribution in [-0.4, -0.2) is 49.2 Å². The van der Waals surface area contributed by atoms with Crippen LogP contribution in [0.2, 0.25) is 0 Å². The Hall–Kier alpha value is -1.08. The van der Waals surface area contributed by atoms with Gasteiger partial charge in [-0.2, -0.15) is 0 Å². The maximum atomic E-state index is 12.7. The van der Waals surface area contributed by atoms with Crippen LogP contribution in [0.25, 0.3) is 0 Å². The van der Waals surface area contributed by atoms with Crippen molar-refractivity contribution in [2.24, 2.45) is 23.2 Å². The van der Waals surface area contributed by atoms with Crippen molar-refractivity contribution in [3.63, 3.8) is 0 Å². The van der Waals surface area contributed by atoms with Gasteiger partial charge in [-0.25, -0.2) is 17.5 Å². The van der Waals surface area contributed by atoms with E-state index in [9.17, 15) is 13.2 Å². The summed E-state index contributed by atoms with van der Waals surface area (Å²) in [4.78, 5) is 12.7. The smallest absolute Gasteiger partial charge is 0.315 e. The van der Waals surface area contributed by atoms with Gasteiger partial charge in [0, 0.05) is 24.7 Å². The topological polar surface area (TPSA) is 78.5 Å². The van der Waals surface area contributed by atoms with E-state index in [2.05, 4.69) is 31.4 Å². The fourth-order valence-electron chi connectivity index (χ4n) is 6.63. The van der Waals surface area contributed by atoms with Gasteiger partial charge >= 0.3 is 6.03 Å². The van der Waals surface area contributed by atoms with E-state index < -0.39 is 10.0 Å². The minimum atomic E-state index is -3.28. The molecule has 170 valence electrons. The van der Waals surface area contributed by atoms with Gasteiger partial charge in [-0.05, 0) is 74.5 Å². The summed E-state index contributed by atoms with van der Waals surface area (Å²) in [6.45, 7) is 7.13. The molecule has 0 unspecified atom stereocenters. The first-order chi connectivity index (χ1) is 14.0. The lowest BCUT2D eigenvalue weighted by atomic mass is 9.53. The molecule has 7 heteroatoms. The number of carbonyl (C=O) groups excluding carboxylic acids is 1. The highest BCUT2D eigenvalue weighted by Crippen LogP contribution is 2.55. The first-order valence-corrected chi connectivity index (χ1v) is 13.4. The fourth-order valence-corrected chi connectivity index (χ4v) is 7.95. The monoisotopic (exact) mass is 437 g/mol. The van der Waals surface area contributed by atoms with Crippen LogP contribution in [-0.2, 0) is 10.0 Å². The number of rotatable bonds is 5. The van der Waals surface area contributed by atoms with Gasteiger partial charge in [0.1, 0.15) is 0 Å². The molecule has 2 amide bonds. The number of carbonyl (C=O) groups is 1. The van der Waals surface area contributed by atoms with E-state index in [-0.39, 0.29) is 28.8 Å². The van der Waals surface area contributed by atoms with Crippen molar-refractivity contribution in [3.8, 4) is 0 Å². The average Bonchev–Trinajstić information content (AvgIpc) is 2.59. The molecule has 30 heavy (non-hydrogen) atoms. The Labute approximate surface area is 182 Å². The Morgan fingerprint density at radius 3 is 2.07 bits per heavy atom. The van der Waals surface area contributed by atoms with E-state index in [1.807, 2.05) is 6.08 Å². The van der Waals surface area contributed by atoms with Crippen molar-refractivity contribution in [2.75, 3.05) is 18.8 Å². The molecule has 1 aliphatic heterocycles. The Morgan fingerprint density at radius 2 is 1.57 bits per heavy atom. The van der Waals surface area contributed by atoms with Gasteiger partial charge in [-0.1, -0.05) is 32.9 Å². The van der Waals surface area contributed by atoms with Gasteiger partial charge < -0.3 is 10.6 Å². The van der Waals surface area contributed by atoms with Gasteiger partial charge in [-0.3, -0.25) is 0 Å². The zero-order chi connectivity index (χ0) is 21.6. The van der Waals surface area contributed by atoms with Crippen molar-refractivity contribution in [1.82, 2.24) is 14.9 Å². The summed E-state index contributed by atoms with van der Waals surface area (Å²) in [5.41, 5.74) is -0.00124. The van der Waals surface area contributed by atoms with Gasteiger partial charge in [0.2, 0.25) is 10.0 Å². The molecule has 2 N–H and O–H groups in total. The summed E-state index contributed by atoms with van der Waals surface area (Å²) in [6, 6.07) is 0.00171. The molecule has 0 aromatic heterocycles. The van der Waals surface area contributed by atoms with Crippen LogP contribution in [0.1, 0.15) is 72.1 Å². The van der Waals surface area contributed by atoms with Crippen molar-refractivity contribution < 1.29 is 13.2 Å². The molecule has 4 bridgehead atoms. The molecular formula is C23H39N3O3S. The molecular weight excluding hydrogens is 398 g/mol. The number of hydrogen-bond acceptors (Lipinski definition) is 3. The largest absolute Gasteiger partial charge is 0.335 e. The number of nitrogens with one attached hydrogen (secondary N) is 2. The van der Waals surface area contributed by atoms with Crippen molar-refractivity contribution in [2.45, 2.75) is 83.7 Å². The molecule has 4 saturated carbocycles. The first-order valence-electron chi connectivity index (χ1n) is 11.8. The molecule has 1 saturated heterocycles. The highest BCUT2D eigenvalue weighted by molar-refractivity contribution is 7.89. The van der Waals surface area contributed by atoms with Crippen LogP contribution in [0, 0.1) is 23.2 Å². The molecule has 1 heterocycles. The van der Waals surface area contributed by atoms with Crippen LogP contribution in [0.3, 0.4) is 0 Å². The SMILES string of the molecule is CC(C)(C)C=CCS(=O)(=O)N1CCC(NC(=O)NC23CC4CC(CC(C4)C2)C3)CC1. The Morgan fingerprint density at radius 1 is 1.03 bits per heavy atom. The summed E-state index contributed by atoms with van der Waals surface area (Å²) in [7, 11) is -3.28. The number of piperidine rings is 1. The lowest BCUT2D eigenvalue weighted by molar-refractivity contribution is -0.0137. The quantitative estimate of drug-likeness (QED) is 0.645. The zero-order valence-corrected chi connectivity index (χ0v) is 19.6. The normalized spacial score (nSPS) is 35.1. The van der Waals surface area contributed by atoms with E-state index in [0.29, 0.717) is 25.9 Å². The number of sulfonamides is 1. The van der Waals surface area contributed by atoms with E-state index in [1.54, 1.807) is 10.4 Å². The minimum absolute atomic E-state index is 0.0161. The standard InChI is InChI=1S/C23H39N3O3S/c1-22(2,3)7-4-10-30(28,29)26-8-5-20(6-9-26)24-21(27)25-23-14-17-11-18(15-23)13-19(12-17)16-23/h4,7,17-20H,5-6,8-16H2,1-3H3,(H2,24,25,27). The summed E-state index contributed by atoms with van der Waals surface area (Å²) >= 11 is 0. The highest BCUT2D eigenvalue weighted by atomic mass is 32.2. The third kappa shape index (κ3) is 5.21. The highest BCUT2D eigenvalue weighted by Gasteiger charge is 2.51. The Kier molecular flexibility index (Phi) is 5.99. The molecule has 0 aromatic rings. The average molecular weight is 438 g/mol. The molecule has 0 atom stereocenters. The number of allylic oxidation sites excluding steroid dienone is 1. The van der Waals surface area contributed by atoms with Crippen LogP contribution in [0.4, 0.5) is 4.79 Å². The molecule has 5 aliphatic rings. The lowest BCUT2D eigenvalue weighted by Gasteiger charge is -2.56. The third-order valence-electron chi connectivity index (χ3n) is 7.52. The second kappa shape index (κ2) is 8.12. The number of urea groups is 1. The second-order valence-corrected chi connectivity index (χ2v) is 13.5. The lowest BCUT2D eigenvalue weighted by Crippen LogP contribution is -2.62. The summed E-state index contributed by atoms with van der Waals surface area (Å²) in [5, 5.41) is 6.51. The number of hydrogen-bond donors (Lipinski definition) is 2. The molecule has 0 spiro atoms. The molecule has 5 rings (SSSR count). The molecule has 0 radical (unpaired) electrons. The molecule has 0 aromatic carbocycles. The van der Waals surface area contributed by atoms with Crippen molar-refractivity contribution >= 4 is 16.1 Å². The molecule has 4 aliphatic carbocycles. The fraction of sp³-hybridized carbons (Fsp3) is 0.870. The van der Waals surface area contributed by atoms with E-state index in [4.69, 9.17) is 0 Å². The minimum Gasteiger partial charge on any atom is -0.335 e. The maximum Gasteiger partial charge on any atom is 0.315 e. The zero-order valence-electron chi connectivity index (χ0n) is 18.8. The summed E-state index contributed by atoms with van der Waals surface area (Å²) < 4.78 is 26.8. The van der Waals surface area contributed by atoms with Gasteiger partial charge in [0.15, 0.2) is 0 Å². The van der Waals surface area contributed by atoms with Crippen LogP contribution in [0.5, 0.6) is 0 Å². The summed E-state index contributed by atoms with van der Waals surface area (Å²) in [5.74, 6) is 2.46. The van der Waals surface area contributed by atoms with Crippen LogP contribution >= 0.6 is 0 Å². The van der Waals surface area contributed by atoms with Gasteiger partial charge in [-0.15, -0.1) is 0 Å². The van der Waals surface area contributed by atoms with Gasteiger partial charge in [0.05, 0.1) is 5.75 Å². The second-order valence-electron chi connectivity index (χ2n) is 11.5. The Bertz CT molecular complexity index is 741. The summed E-state index contributed by atoms with van der Waals surface area (Å²) in [6.07, 6.45) is 12.6. The Balaban J connectivity index is 1.24. The van der Waals surface area contributed by atoms with Crippen LogP contribution < -0.4 is 10.6 Å². The molecule has 6 nitrogen and oxygen atoms in total. The van der Waals surface area contributed by atoms with Crippen molar-refractivity contribution in [3.05, 3.63) is 12.2 Å². The van der Waals surface area contributed by atoms with E-state index >= 15 is 0 Å². The third-order valence-corrected chi connectivity index (χ3v) is 9.29. The first kappa shape index (κ1) is 22.1. The maximum absolute atomic E-state index is 12.7. The predicted octanol–water partition coefficient (Wildman–Crippen LogP) is 3.65. The number of nitrogens with zero attached hydrogens (tertiary/aromatic N) is 1. The predicted molar refractivity (Wildman–Crippen MR) is 120 cm³/mol. The van der Waals surface area contributed by atoms with E-state index in [0.717, 1.165) is 37.0 Å². The van der Waals surface area contributed by atoms with Crippen molar-refractivity contribution in [1.29, 1.82) is 0 Å². The van der Waals surface area contributed by atoms with E-state index in [1.165, 1.54) is 19.3 Å². The molecule has 5 fully saturated rings. The van der Waals surface area contributed by atoms with Crippen LogP contribution in [0.15, 0.2) is 12.2 Å². The number of amides is 2. The van der Waals surface area contributed by atoms with Gasteiger partial charge in [0.25, 0.3) is 0 Å².